The van der Waals surface area contributed by atoms with Gasteiger partial charge >= 0.3 is 0 Å². The Morgan fingerprint density at radius 2 is 2.10 bits per heavy atom. The summed E-state index contributed by atoms with van der Waals surface area (Å²) in [6.45, 7) is 0. The summed E-state index contributed by atoms with van der Waals surface area (Å²) >= 11 is 0. The number of carbonyl (C=O) groups is 1. The van der Waals surface area contributed by atoms with Crippen molar-refractivity contribution < 1.29 is 18.8 Å². The molecule has 0 bridgehead atoms. The van der Waals surface area contributed by atoms with E-state index in [2.05, 4.69) is 10.5 Å². The predicted octanol–water partition coefficient (Wildman–Crippen LogP) is 2.26. The van der Waals surface area contributed by atoms with E-state index in [0.717, 1.165) is 0 Å². The molecule has 2 rings (SSSR count). The fourth-order valence-electron chi connectivity index (χ4n) is 1.71. The number of nitrogens with one attached hydrogen (secondary N) is 1. The maximum atomic E-state index is 11.9. The number of hydrogen-bond acceptors (Lipinski definition) is 5. The molecule has 0 aliphatic heterocycles. The SMILES string of the molecule is COc1cc(CCC(=O)Nc2ccccc2OC)on1. The molecule has 6 heteroatoms. The minimum atomic E-state index is -0.120. The van der Waals surface area contributed by atoms with E-state index < -0.39 is 0 Å². The van der Waals surface area contributed by atoms with Gasteiger partial charge in [-0.25, -0.2) is 0 Å². The third-order valence-corrected chi connectivity index (χ3v) is 2.73. The summed E-state index contributed by atoms with van der Waals surface area (Å²) in [5.74, 6) is 1.52. The van der Waals surface area contributed by atoms with Crippen molar-refractivity contribution in [2.75, 3.05) is 19.5 Å². The van der Waals surface area contributed by atoms with Crippen LogP contribution in [0.4, 0.5) is 5.69 Å². The lowest BCUT2D eigenvalue weighted by Gasteiger charge is -2.09. The van der Waals surface area contributed by atoms with Crippen molar-refractivity contribution in [3.63, 3.8) is 0 Å². The zero-order valence-electron chi connectivity index (χ0n) is 11.4. The quantitative estimate of drug-likeness (QED) is 0.876. The third-order valence-electron chi connectivity index (χ3n) is 2.73. The largest absolute Gasteiger partial charge is 0.495 e. The number of aromatic nitrogens is 1. The van der Waals surface area contributed by atoms with Crippen LogP contribution in [0.25, 0.3) is 0 Å². The van der Waals surface area contributed by atoms with E-state index in [-0.39, 0.29) is 12.3 Å². The molecule has 0 fully saturated rings. The molecule has 1 amide bonds. The van der Waals surface area contributed by atoms with Gasteiger partial charge in [-0.05, 0) is 17.3 Å². The van der Waals surface area contributed by atoms with Crippen LogP contribution < -0.4 is 14.8 Å². The van der Waals surface area contributed by atoms with E-state index in [1.807, 2.05) is 12.1 Å². The number of nitrogens with zero attached hydrogens (tertiary/aromatic N) is 1. The van der Waals surface area contributed by atoms with E-state index in [4.69, 9.17) is 14.0 Å². The Bertz CT molecular complexity index is 580. The number of amides is 1. The van der Waals surface area contributed by atoms with Crippen molar-refractivity contribution in [1.29, 1.82) is 0 Å². The van der Waals surface area contributed by atoms with E-state index >= 15 is 0 Å². The Morgan fingerprint density at radius 1 is 1.30 bits per heavy atom. The second-order valence-corrected chi connectivity index (χ2v) is 4.08. The van der Waals surface area contributed by atoms with E-state index in [0.29, 0.717) is 29.5 Å². The number of aryl methyl sites for hydroxylation is 1. The van der Waals surface area contributed by atoms with Crippen LogP contribution in [0.15, 0.2) is 34.9 Å². The molecule has 1 aromatic carbocycles. The van der Waals surface area contributed by atoms with E-state index in [9.17, 15) is 4.79 Å². The van der Waals surface area contributed by atoms with Crippen LogP contribution >= 0.6 is 0 Å². The van der Waals surface area contributed by atoms with Gasteiger partial charge in [0.25, 0.3) is 5.88 Å². The Labute approximate surface area is 116 Å². The van der Waals surface area contributed by atoms with Gasteiger partial charge in [0.1, 0.15) is 11.5 Å². The highest BCUT2D eigenvalue weighted by molar-refractivity contribution is 5.92. The molecular formula is C14H16N2O4. The first kappa shape index (κ1) is 13.9. The molecule has 0 atom stereocenters. The summed E-state index contributed by atoms with van der Waals surface area (Å²) in [5.41, 5.74) is 0.648. The van der Waals surface area contributed by atoms with Crippen LogP contribution in [-0.4, -0.2) is 25.3 Å². The van der Waals surface area contributed by atoms with Crippen LogP contribution in [0.3, 0.4) is 0 Å². The fraction of sp³-hybridized carbons (Fsp3) is 0.286. The molecule has 1 heterocycles. The first-order chi connectivity index (χ1) is 9.72. The second-order valence-electron chi connectivity index (χ2n) is 4.08. The zero-order chi connectivity index (χ0) is 14.4. The first-order valence-electron chi connectivity index (χ1n) is 6.15. The molecule has 1 N–H and O–H groups in total. The summed E-state index contributed by atoms with van der Waals surface area (Å²) in [4.78, 5) is 11.9. The van der Waals surface area contributed by atoms with Crippen LogP contribution in [-0.2, 0) is 11.2 Å². The van der Waals surface area contributed by atoms with Gasteiger partial charge < -0.3 is 19.3 Å². The topological polar surface area (TPSA) is 73.6 Å². The molecule has 0 spiro atoms. The molecule has 0 saturated carbocycles. The summed E-state index contributed by atoms with van der Waals surface area (Å²) in [6.07, 6.45) is 0.744. The van der Waals surface area contributed by atoms with Gasteiger partial charge in [-0.1, -0.05) is 12.1 Å². The van der Waals surface area contributed by atoms with Gasteiger partial charge in [0.15, 0.2) is 0 Å². The zero-order valence-corrected chi connectivity index (χ0v) is 11.4. The monoisotopic (exact) mass is 276 g/mol. The number of carbonyl (C=O) groups excluding carboxylic acids is 1. The molecule has 6 nitrogen and oxygen atoms in total. The normalized spacial score (nSPS) is 10.1. The highest BCUT2D eigenvalue weighted by Gasteiger charge is 2.09. The molecule has 2 aromatic rings. The molecule has 1 aromatic heterocycles. The number of benzene rings is 1. The molecule has 106 valence electrons. The van der Waals surface area contributed by atoms with Crippen molar-refractivity contribution in [3.8, 4) is 11.6 Å². The predicted molar refractivity (Wildman–Crippen MR) is 73.0 cm³/mol. The number of rotatable bonds is 6. The van der Waals surface area contributed by atoms with E-state index in [1.165, 1.54) is 7.11 Å². The fourth-order valence-corrected chi connectivity index (χ4v) is 1.71. The molecule has 0 saturated heterocycles. The lowest BCUT2D eigenvalue weighted by Crippen LogP contribution is -2.12. The summed E-state index contributed by atoms with van der Waals surface area (Å²) in [5, 5.41) is 6.47. The molecule has 0 radical (unpaired) electrons. The van der Waals surface area contributed by atoms with Crippen molar-refractivity contribution in [2.24, 2.45) is 0 Å². The van der Waals surface area contributed by atoms with Crippen molar-refractivity contribution >= 4 is 11.6 Å². The molecule has 0 aliphatic carbocycles. The minimum absolute atomic E-state index is 0.120. The molecule has 0 aliphatic rings. The standard InChI is InChI=1S/C14H16N2O4/c1-18-12-6-4-3-5-11(12)15-13(17)8-7-10-9-14(19-2)16-20-10/h3-6,9H,7-8H2,1-2H3,(H,15,17). The smallest absolute Gasteiger partial charge is 0.254 e. The lowest BCUT2D eigenvalue weighted by atomic mass is 10.2. The van der Waals surface area contributed by atoms with Crippen LogP contribution in [0.1, 0.15) is 12.2 Å². The van der Waals surface area contributed by atoms with Crippen molar-refractivity contribution in [1.82, 2.24) is 5.16 Å². The average Bonchev–Trinajstić information content (AvgIpc) is 2.94. The Kier molecular flexibility index (Phi) is 4.60. The third kappa shape index (κ3) is 3.50. The number of anilines is 1. The molecule has 0 unspecified atom stereocenters. The highest BCUT2D eigenvalue weighted by Crippen LogP contribution is 2.23. The number of hydrogen-bond donors (Lipinski definition) is 1. The van der Waals surface area contributed by atoms with Gasteiger partial charge in [-0.3, -0.25) is 4.79 Å². The van der Waals surface area contributed by atoms with Gasteiger partial charge in [0.2, 0.25) is 5.91 Å². The first-order valence-corrected chi connectivity index (χ1v) is 6.15. The summed E-state index contributed by atoms with van der Waals surface area (Å²) in [7, 11) is 3.07. The van der Waals surface area contributed by atoms with Gasteiger partial charge in [0.05, 0.1) is 19.9 Å². The summed E-state index contributed by atoms with van der Waals surface area (Å²) in [6, 6.07) is 8.91. The van der Waals surface area contributed by atoms with Crippen LogP contribution in [0, 0.1) is 0 Å². The Balaban J connectivity index is 1.89. The van der Waals surface area contributed by atoms with Crippen LogP contribution in [0.2, 0.25) is 0 Å². The van der Waals surface area contributed by atoms with Crippen molar-refractivity contribution in [3.05, 3.63) is 36.1 Å². The maximum Gasteiger partial charge on any atom is 0.254 e. The summed E-state index contributed by atoms with van der Waals surface area (Å²) < 4.78 is 15.1. The van der Waals surface area contributed by atoms with Crippen LogP contribution in [0.5, 0.6) is 11.6 Å². The molecule has 20 heavy (non-hydrogen) atoms. The average molecular weight is 276 g/mol. The lowest BCUT2D eigenvalue weighted by molar-refractivity contribution is -0.116. The van der Waals surface area contributed by atoms with Gasteiger partial charge in [0, 0.05) is 18.9 Å². The number of para-hydroxylation sites is 2. The highest BCUT2D eigenvalue weighted by atomic mass is 16.5. The Morgan fingerprint density at radius 3 is 2.80 bits per heavy atom. The Hall–Kier alpha value is -2.50. The second kappa shape index (κ2) is 6.60. The van der Waals surface area contributed by atoms with E-state index in [1.54, 1.807) is 25.3 Å². The molecular weight excluding hydrogens is 260 g/mol. The number of methoxy groups -OCH3 is 2. The minimum Gasteiger partial charge on any atom is -0.495 e. The number of ether oxygens (including phenoxy) is 2. The van der Waals surface area contributed by atoms with Gasteiger partial charge in [-0.15, -0.1) is 0 Å². The van der Waals surface area contributed by atoms with Crippen molar-refractivity contribution in [2.45, 2.75) is 12.8 Å². The van der Waals surface area contributed by atoms with Gasteiger partial charge in [-0.2, -0.15) is 0 Å². The maximum absolute atomic E-state index is 11.9.